The Labute approximate surface area is 79.5 Å². The van der Waals surface area contributed by atoms with Crippen LogP contribution in [0.15, 0.2) is 0 Å². The smallest absolute Gasteiger partial charge is 0.147 e. The predicted molar refractivity (Wildman–Crippen MR) is 55.5 cm³/mol. The van der Waals surface area contributed by atoms with E-state index in [9.17, 15) is 4.79 Å². The summed E-state index contributed by atoms with van der Waals surface area (Å²) in [5.74, 6) is 0. The normalized spacial score (nSPS) is 14.8. The highest BCUT2D eigenvalue weighted by molar-refractivity contribution is 8.01. The van der Waals surface area contributed by atoms with Crippen molar-refractivity contribution in [2.75, 3.05) is 0 Å². The summed E-state index contributed by atoms with van der Waals surface area (Å²) in [5.41, 5.74) is 0.00741. The first-order valence-electron chi connectivity index (χ1n) is 4.23. The quantitative estimate of drug-likeness (QED) is 0.542. The number of aldehydes is 1. The number of hydrogen-bond donors (Lipinski definition) is 1. The molecule has 0 aromatic heterocycles. The van der Waals surface area contributed by atoms with Crippen molar-refractivity contribution < 1.29 is 4.79 Å². The molecule has 0 aliphatic heterocycles. The van der Waals surface area contributed by atoms with Crippen LogP contribution in [0.1, 0.15) is 34.6 Å². The van der Waals surface area contributed by atoms with Crippen molar-refractivity contribution in [3.05, 3.63) is 0 Å². The van der Waals surface area contributed by atoms with E-state index >= 15 is 0 Å². The summed E-state index contributed by atoms with van der Waals surface area (Å²) in [4.78, 5) is 10.6. The van der Waals surface area contributed by atoms with E-state index in [2.05, 4.69) is 39.9 Å². The first kappa shape index (κ1) is 12.0. The van der Waals surface area contributed by atoms with Gasteiger partial charge in [-0.3, -0.25) is 5.32 Å². The average molecular weight is 189 g/mol. The first-order chi connectivity index (χ1) is 5.35. The molecule has 0 amide bonds. The Morgan fingerprint density at radius 2 is 1.83 bits per heavy atom. The highest BCUT2D eigenvalue weighted by Crippen LogP contribution is 2.15. The van der Waals surface area contributed by atoms with Gasteiger partial charge in [-0.2, -0.15) is 0 Å². The topological polar surface area (TPSA) is 29.1 Å². The average Bonchev–Trinajstić information content (AvgIpc) is 1.82. The number of carbonyl (C=O) groups is 1. The third-order valence-corrected chi connectivity index (χ3v) is 2.18. The maximum atomic E-state index is 10.6. The fourth-order valence-electron chi connectivity index (χ4n) is 0.820. The van der Waals surface area contributed by atoms with Crippen molar-refractivity contribution in [2.45, 2.75) is 50.8 Å². The SMILES string of the molecule is CC(C)S[C@@H](C=O)NC(C)(C)C. The van der Waals surface area contributed by atoms with Gasteiger partial charge in [-0.05, 0) is 20.8 Å². The monoisotopic (exact) mass is 189 g/mol. The highest BCUT2D eigenvalue weighted by atomic mass is 32.2. The maximum Gasteiger partial charge on any atom is 0.147 e. The largest absolute Gasteiger partial charge is 0.301 e. The van der Waals surface area contributed by atoms with E-state index in [0.717, 1.165) is 6.29 Å². The lowest BCUT2D eigenvalue weighted by molar-refractivity contribution is -0.108. The molecule has 12 heavy (non-hydrogen) atoms. The molecular formula is C9H19NOS. The molecule has 0 unspecified atom stereocenters. The molecule has 0 heterocycles. The van der Waals surface area contributed by atoms with E-state index in [0.29, 0.717) is 5.25 Å². The van der Waals surface area contributed by atoms with Crippen LogP contribution in [0, 0.1) is 0 Å². The van der Waals surface area contributed by atoms with Gasteiger partial charge in [-0.15, -0.1) is 11.8 Å². The lowest BCUT2D eigenvalue weighted by Gasteiger charge is -2.25. The molecule has 0 spiro atoms. The molecule has 0 aliphatic carbocycles. The van der Waals surface area contributed by atoms with Crippen LogP contribution in [0.4, 0.5) is 0 Å². The number of rotatable bonds is 4. The van der Waals surface area contributed by atoms with Crippen LogP contribution in [0.5, 0.6) is 0 Å². The third kappa shape index (κ3) is 6.68. The molecular weight excluding hydrogens is 170 g/mol. The number of thioether (sulfide) groups is 1. The molecule has 0 bridgehead atoms. The van der Waals surface area contributed by atoms with Crippen molar-refractivity contribution in [3.63, 3.8) is 0 Å². The molecule has 0 saturated carbocycles. The molecule has 3 heteroatoms. The second-order valence-corrected chi connectivity index (χ2v) is 5.86. The van der Waals surface area contributed by atoms with E-state index in [1.54, 1.807) is 11.8 Å². The number of hydrogen-bond acceptors (Lipinski definition) is 3. The zero-order valence-electron chi connectivity index (χ0n) is 8.55. The van der Waals surface area contributed by atoms with E-state index < -0.39 is 0 Å². The Morgan fingerprint density at radius 1 is 1.33 bits per heavy atom. The summed E-state index contributed by atoms with van der Waals surface area (Å²) in [6.45, 7) is 10.4. The lowest BCUT2D eigenvalue weighted by Crippen LogP contribution is -2.43. The molecule has 0 radical (unpaired) electrons. The van der Waals surface area contributed by atoms with Gasteiger partial charge in [-0.25, -0.2) is 0 Å². The van der Waals surface area contributed by atoms with Gasteiger partial charge in [0.15, 0.2) is 0 Å². The van der Waals surface area contributed by atoms with Gasteiger partial charge >= 0.3 is 0 Å². The van der Waals surface area contributed by atoms with E-state index in [1.807, 2.05) is 0 Å². The van der Waals surface area contributed by atoms with Crippen LogP contribution in [-0.2, 0) is 4.79 Å². The van der Waals surface area contributed by atoms with Gasteiger partial charge in [0, 0.05) is 10.8 Å². The van der Waals surface area contributed by atoms with Crippen LogP contribution < -0.4 is 5.32 Å². The first-order valence-corrected chi connectivity index (χ1v) is 5.18. The maximum absolute atomic E-state index is 10.6. The Balaban J connectivity index is 3.92. The molecule has 0 rings (SSSR count). The van der Waals surface area contributed by atoms with Crippen molar-refractivity contribution in [3.8, 4) is 0 Å². The summed E-state index contributed by atoms with van der Waals surface area (Å²) in [6.07, 6.45) is 0.968. The lowest BCUT2D eigenvalue weighted by atomic mass is 10.1. The van der Waals surface area contributed by atoms with Crippen LogP contribution >= 0.6 is 11.8 Å². The predicted octanol–water partition coefficient (Wildman–Crippen LogP) is 2.04. The highest BCUT2D eigenvalue weighted by Gasteiger charge is 2.17. The molecule has 0 aromatic carbocycles. The Hall–Kier alpha value is -0.0200. The van der Waals surface area contributed by atoms with Gasteiger partial charge in [-0.1, -0.05) is 13.8 Å². The van der Waals surface area contributed by atoms with Crippen molar-refractivity contribution in [1.29, 1.82) is 0 Å². The third-order valence-electron chi connectivity index (χ3n) is 1.12. The molecule has 72 valence electrons. The minimum atomic E-state index is -0.0787. The fourth-order valence-corrected chi connectivity index (χ4v) is 1.89. The molecule has 2 nitrogen and oxygen atoms in total. The summed E-state index contributed by atoms with van der Waals surface area (Å²) in [5, 5.41) is 3.63. The number of carbonyl (C=O) groups excluding carboxylic acids is 1. The van der Waals surface area contributed by atoms with Crippen LogP contribution in [-0.4, -0.2) is 22.4 Å². The molecule has 0 fully saturated rings. The van der Waals surface area contributed by atoms with Gasteiger partial charge in [0.2, 0.25) is 0 Å². The van der Waals surface area contributed by atoms with E-state index in [4.69, 9.17) is 0 Å². The number of nitrogens with one attached hydrogen (secondary N) is 1. The standard InChI is InChI=1S/C9H19NOS/c1-7(2)12-8(6-11)10-9(3,4)5/h6-8,10H,1-5H3/t8-/m0/s1. The van der Waals surface area contributed by atoms with Crippen LogP contribution in [0.25, 0.3) is 0 Å². The minimum absolute atomic E-state index is 0.00741. The summed E-state index contributed by atoms with van der Waals surface area (Å²) in [6, 6.07) is 0. The molecule has 0 aromatic rings. The van der Waals surface area contributed by atoms with Gasteiger partial charge in [0.25, 0.3) is 0 Å². The fraction of sp³-hybridized carbons (Fsp3) is 0.889. The minimum Gasteiger partial charge on any atom is -0.301 e. The summed E-state index contributed by atoms with van der Waals surface area (Å²) in [7, 11) is 0. The Kier molecular flexibility index (Phi) is 4.87. The Bertz CT molecular complexity index is 140. The van der Waals surface area contributed by atoms with Crippen LogP contribution in [0.2, 0.25) is 0 Å². The molecule has 1 N–H and O–H groups in total. The van der Waals surface area contributed by atoms with Crippen molar-refractivity contribution in [2.24, 2.45) is 0 Å². The Morgan fingerprint density at radius 3 is 2.08 bits per heavy atom. The van der Waals surface area contributed by atoms with Gasteiger partial charge < -0.3 is 4.79 Å². The second-order valence-electron chi connectivity index (χ2n) is 4.14. The zero-order valence-corrected chi connectivity index (χ0v) is 9.37. The van der Waals surface area contributed by atoms with Gasteiger partial charge in [0.05, 0.1) is 0 Å². The van der Waals surface area contributed by atoms with E-state index in [-0.39, 0.29) is 10.9 Å². The van der Waals surface area contributed by atoms with Crippen molar-refractivity contribution in [1.82, 2.24) is 5.32 Å². The van der Waals surface area contributed by atoms with E-state index in [1.165, 1.54) is 0 Å². The second kappa shape index (κ2) is 4.87. The summed E-state index contributed by atoms with van der Waals surface area (Å²) >= 11 is 1.65. The zero-order chi connectivity index (χ0) is 9.78. The van der Waals surface area contributed by atoms with Crippen LogP contribution in [0.3, 0.4) is 0 Å². The van der Waals surface area contributed by atoms with Gasteiger partial charge in [0.1, 0.15) is 11.7 Å². The molecule has 0 aliphatic rings. The molecule has 0 saturated heterocycles. The summed E-state index contributed by atoms with van der Waals surface area (Å²) < 4.78 is 0. The van der Waals surface area contributed by atoms with Crippen molar-refractivity contribution >= 4 is 18.0 Å². The molecule has 1 atom stereocenters.